The summed E-state index contributed by atoms with van der Waals surface area (Å²) < 4.78 is 0. The van der Waals surface area contributed by atoms with Crippen molar-refractivity contribution < 1.29 is 5.11 Å². The number of aliphatic hydroxyl groups excluding tert-OH is 1. The quantitative estimate of drug-likeness (QED) is 0.643. The van der Waals surface area contributed by atoms with Crippen molar-refractivity contribution in [2.24, 2.45) is 5.92 Å². The molecule has 1 saturated carbocycles. The van der Waals surface area contributed by atoms with Gasteiger partial charge in [-0.15, -0.1) is 0 Å². The fourth-order valence-electron chi connectivity index (χ4n) is 2.39. The fraction of sp³-hybridized carbons (Fsp3) is 1.00. The topological polar surface area (TPSA) is 32.3 Å². The Balaban J connectivity index is 2.05. The van der Waals surface area contributed by atoms with Crippen molar-refractivity contribution in [3.63, 3.8) is 0 Å². The van der Waals surface area contributed by atoms with E-state index >= 15 is 0 Å². The molecule has 0 spiro atoms. The lowest BCUT2D eigenvalue weighted by Gasteiger charge is -2.29. The third-order valence-electron chi connectivity index (χ3n) is 3.38. The molecule has 0 saturated heterocycles. The van der Waals surface area contributed by atoms with Gasteiger partial charge >= 0.3 is 0 Å². The minimum atomic E-state index is 0.337. The number of nitrogens with one attached hydrogen (secondary N) is 1. The Morgan fingerprint density at radius 1 is 1.29 bits per heavy atom. The van der Waals surface area contributed by atoms with Gasteiger partial charge in [-0.1, -0.05) is 26.2 Å². The first-order valence-electron chi connectivity index (χ1n) is 6.21. The first-order valence-corrected chi connectivity index (χ1v) is 6.21. The van der Waals surface area contributed by atoms with Crippen LogP contribution in [-0.4, -0.2) is 24.3 Å². The fourth-order valence-corrected chi connectivity index (χ4v) is 2.39. The van der Waals surface area contributed by atoms with Gasteiger partial charge in [0, 0.05) is 12.6 Å². The van der Waals surface area contributed by atoms with Crippen LogP contribution in [0.4, 0.5) is 0 Å². The zero-order valence-electron chi connectivity index (χ0n) is 9.47. The molecule has 0 aromatic carbocycles. The van der Waals surface area contributed by atoms with Gasteiger partial charge in [-0.3, -0.25) is 0 Å². The Morgan fingerprint density at radius 3 is 2.86 bits per heavy atom. The smallest absolute Gasteiger partial charge is 0.0431 e. The molecule has 14 heavy (non-hydrogen) atoms. The maximum Gasteiger partial charge on any atom is 0.0431 e. The first kappa shape index (κ1) is 12.0. The highest BCUT2D eigenvalue weighted by molar-refractivity contribution is 4.77. The summed E-state index contributed by atoms with van der Waals surface area (Å²) >= 11 is 0. The highest BCUT2D eigenvalue weighted by atomic mass is 16.2. The van der Waals surface area contributed by atoms with Crippen LogP contribution in [0.5, 0.6) is 0 Å². The predicted molar refractivity (Wildman–Crippen MR) is 60.4 cm³/mol. The number of unbranched alkanes of at least 4 members (excludes halogenated alkanes) is 1. The largest absolute Gasteiger partial charge is 0.396 e. The number of rotatable bonds is 6. The summed E-state index contributed by atoms with van der Waals surface area (Å²) in [6.45, 7) is 3.73. The molecule has 0 radical (unpaired) electrons. The Kier molecular flexibility index (Phi) is 6.20. The van der Waals surface area contributed by atoms with Crippen molar-refractivity contribution >= 4 is 0 Å². The van der Waals surface area contributed by atoms with Crippen molar-refractivity contribution in [1.82, 2.24) is 5.32 Å². The second-order valence-electron chi connectivity index (χ2n) is 4.52. The molecule has 0 bridgehead atoms. The average molecular weight is 199 g/mol. The molecule has 2 heteroatoms. The molecule has 0 amide bonds. The summed E-state index contributed by atoms with van der Waals surface area (Å²) in [4.78, 5) is 0. The number of hydrogen-bond donors (Lipinski definition) is 2. The van der Waals surface area contributed by atoms with E-state index < -0.39 is 0 Å². The molecule has 84 valence electrons. The van der Waals surface area contributed by atoms with Gasteiger partial charge < -0.3 is 10.4 Å². The van der Waals surface area contributed by atoms with Crippen molar-refractivity contribution in [2.75, 3.05) is 13.2 Å². The van der Waals surface area contributed by atoms with Gasteiger partial charge in [0.05, 0.1) is 0 Å². The van der Waals surface area contributed by atoms with E-state index in [1.165, 1.54) is 32.1 Å². The molecule has 0 aliphatic heterocycles. The van der Waals surface area contributed by atoms with E-state index in [9.17, 15) is 0 Å². The molecule has 1 rings (SSSR count). The normalized spacial score (nSPS) is 27.9. The Hall–Kier alpha value is -0.0800. The van der Waals surface area contributed by atoms with Gasteiger partial charge in [0.2, 0.25) is 0 Å². The lowest BCUT2D eigenvalue weighted by molar-refractivity contribution is 0.265. The molecule has 1 aliphatic rings. The van der Waals surface area contributed by atoms with Crippen LogP contribution in [0.15, 0.2) is 0 Å². The van der Waals surface area contributed by atoms with Crippen LogP contribution in [0.1, 0.15) is 51.9 Å². The van der Waals surface area contributed by atoms with Crippen LogP contribution in [0.2, 0.25) is 0 Å². The molecule has 2 atom stereocenters. The molecular formula is C12H25NO. The second kappa shape index (κ2) is 7.24. The highest BCUT2D eigenvalue weighted by Crippen LogP contribution is 2.26. The monoisotopic (exact) mass is 199 g/mol. The molecule has 0 heterocycles. The van der Waals surface area contributed by atoms with Gasteiger partial charge in [0.15, 0.2) is 0 Å². The Bertz CT molecular complexity index is 138. The summed E-state index contributed by atoms with van der Waals surface area (Å²) in [5, 5.41) is 12.3. The summed E-state index contributed by atoms with van der Waals surface area (Å²) in [7, 11) is 0. The molecular weight excluding hydrogens is 174 g/mol. The molecule has 1 fully saturated rings. The van der Waals surface area contributed by atoms with Crippen LogP contribution in [0.3, 0.4) is 0 Å². The van der Waals surface area contributed by atoms with Crippen molar-refractivity contribution in [1.29, 1.82) is 0 Å². The maximum absolute atomic E-state index is 8.66. The molecule has 0 aromatic rings. The van der Waals surface area contributed by atoms with E-state index in [2.05, 4.69) is 12.2 Å². The van der Waals surface area contributed by atoms with Gasteiger partial charge in [0.25, 0.3) is 0 Å². The average Bonchev–Trinajstić information content (AvgIpc) is 2.25. The van der Waals surface area contributed by atoms with Gasteiger partial charge in [0.1, 0.15) is 0 Å². The van der Waals surface area contributed by atoms with E-state index in [-0.39, 0.29) is 0 Å². The molecule has 1 aliphatic carbocycles. The van der Waals surface area contributed by atoms with E-state index in [1.807, 2.05) is 0 Å². The lowest BCUT2D eigenvalue weighted by Crippen LogP contribution is -2.34. The summed E-state index contributed by atoms with van der Waals surface area (Å²) in [6.07, 6.45) is 8.96. The molecule has 2 N–H and O–H groups in total. The highest BCUT2D eigenvalue weighted by Gasteiger charge is 2.19. The summed E-state index contributed by atoms with van der Waals surface area (Å²) in [6, 6.07) is 0.757. The van der Waals surface area contributed by atoms with Crippen LogP contribution in [0.25, 0.3) is 0 Å². The van der Waals surface area contributed by atoms with Crippen LogP contribution in [-0.2, 0) is 0 Å². The number of aliphatic hydroxyl groups is 1. The SMILES string of the molecule is CCC1CCCC(NCCCCO)C1. The predicted octanol–water partition coefficient (Wildman–Crippen LogP) is 2.32. The summed E-state index contributed by atoms with van der Waals surface area (Å²) in [5.74, 6) is 0.957. The van der Waals surface area contributed by atoms with Crippen molar-refractivity contribution in [3.8, 4) is 0 Å². The number of hydrogen-bond acceptors (Lipinski definition) is 2. The van der Waals surface area contributed by atoms with E-state index in [0.717, 1.165) is 31.3 Å². The van der Waals surface area contributed by atoms with E-state index in [1.54, 1.807) is 0 Å². The van der Waals surface area contributed by atoms with Crippen molar-refractivity contribution in [2.45, 2.75) is 57.9 Å². The maximum atomic E-state index is 8.66. The third-order valence-corrected chi connectivity index (χ3v) is 3.38. The molecule has 2 unspecified atom stereocenters. The van der Waals surface area contributed by atoms with E-state index in [0.29, 0.717) is 6.61 Å². The Morgan fingerprint density at radius 2 is 2.14 bits per heavy atom. The van der Waals surface area contributed by atoms with Crippen LogP contribution in [0, 0.1) is 5.92 Å². The standard InChI is InChI=1S/C12H25NO/c1-2-11-6-5-7-12(10-11)13-8-3-4-9-14/h11-14H,2-10H2,1H3. The lowest BCUT2D eigenvalue weighted by atomic mass is 9.84. The van der Waals surface area contributed by atoms with Crippen molar-refractivity contribution in [3.05, 3.63) is 0 Å². The minimum Gasteiger partial charge on any atom is -0.396 e. The second-order valence-corrected chi connectivity index (χ2v) is 4.52. The van der Waals surface area contributed by atoms with Gasteiger partial charge in [-0.2, -0.15) is 0 Å². The summed E-state index contributed by atoms with van der Waals surface area (Å²) in [5.41, 5.74) is 0. The molecule has 2 nitrogen and oxygen atoms in total. The third kappa shape index (κ3) is 4.43. The van der Waals surface area contributed by atoms with Crippen LogP contribution < -0.4 is 5.32 Å². The minimum absolute atomic E-state index is 0.337. The van der Waals surface area contributed by atoms with Crippen LogP contribution >= 0.6 is 0 Å². The zero-order chi connectivity index (χ0) is 10.2. The molecule has 0 aromatic heterocycles. The zero-order valence-corrected chi connectivity index (χ0v) is 9.47. The first-order chi connectivity index (χ1) is 6.86. The van der Waals surface area contributed by atoms with Gasteiger partial charge in [-0.25, -0.2) is 0 Å². The van der Waals surface area contributed by atoms with E-state index in [4.69, 9.17) is 5.11 Å². The Labute approximate surface area is 88.1 Å². The van der Waals surface area contributed by atoms with Gasteiger partial charge in [-0.05, 0) is 38.1 Å².